The van der Waals surface area contributed by atoms with E-state index in [1.165, 1.54) is 22.6 Å². The Labute approximate surface area is 165 Å². The maximum absolute atomic E-state index is 13.0. The predicted molar refractivity (Wildman–Crippen MR) is 103 cm³/mol. The summed E-state index contributed by atoms with van der Waals surface area (Å²) in [5.41, 5.74) is 0.778. The van der Waals surface area contributed by atoms with E-state index < -0.39 is 5.97 Å². The van der Waals surface area contributed by atoms with E-state index in [-0.39, 0.29) is 22.4 Å². The highest BCUT2D eigenvalue weighted by Crippen LogP contribution is 2.24. The van der Waals surface area contributed by atoms with Gasteiger partial charge in [-0.25, -0.2) is 4.79 Å². The van der Waals surface area contributed by atoms with E-state index in [9.17, 15) is 9.59 Å². The first-order valence-corrected chi connectivity index (χ1v) is 8.85. The zero-order valence-electron chi connectivity index (χ0n) is 16.0. The number of aryl methyl sites for hydroxylation is 1. The lowest BCUT2D eigenvalue weighted by molar-refractivity contribution is 0.0600. The van der Waals surface area contributed by atoms with Crippen LogP contribution in [-0.4, -0.2) is 49.7 Å². The average molecular weight is 394 g/mol. The number of nitrogens with zero attached hydrogens (tertiary/aromatic N) is 5. The van der Waals surface area contributed by atoms with Gasteiger partial charge in [0, 0.05) is 18.8 Å². The second-order valence-corrected chi connectivity index (χ2v) is 6.18. The molecule has 10 nitrogen and oxygen atoms in total. The molecule has 1 N–H and O–H groups in total. The normalized spacial score (nSPS) is 11.0. The Bertz CT molecular complexity index is 1200. The van der Waals surface area contributed by atoms with Gasteiger partial charge in [-0.1, -0.05) is 6.92 Å². The number of rotatable bonds is 5. The highest BCUT2D eigenvalue weighted by molar-refractivity contribution is 5.96. The Morgan fingerprint density at radius 1 is 1.17 bits per heavy atom. The number of fused-ring (bicyclic) bond motifs is 1. The summed E-state index contributed by atoms with van der Waals surface area (Å²) >= 11 is 0. The van der Waals surface area contributed by atoms with Crippen LogP contribution in [-0.2, 0) is 11.2 Å². The molecule has 4 rings (SSSR count). The van der Waals surface area contributed by atoms with Gasteiger partial charge in [-0.05, 0) is 24.3 Å². The van der Waals surface area contributed by atoms with Gasteiger partial charge in [0.2, 0.25) is 0 Å². The summed E-state index contributed by atoms with van der Waals surface area (Å²) in [6.07, 6.45) is 3.73. The highest BCUT2D eigenvalue weighted by atomic mass is 16.5. The number of esters is 1. The van der Waals surface area contributed by atoms with Crippen LogP contribution in [0.5, 0.6) is 5.75 Å². The minimum Gasteiger partial charge on any atom is -0.497 e. The Morgan fingerprint density at radius 2 is 1.93 bits per heavy atom. The molecule has 2 aliphatic rings. The maximum atomic E-state index is 13.0. The van der Waals surface area contributed by atoms with Gasteiger partial charge >= 0.3 is 5.97 Å². The highest BCUT2D eigenvalue weighted by Gasteiger charge is 2.26. The summed E-state index contributed by atoms with van der Waals surface area (Å²) in [5, 5.41) is 11.3. The van der Waals surface area contributed by atoms with Crippen LogP contribution in [0.1, 0.15) is 23.1 Å². The molecule has 0 saturated heterocycles. The van der Waals surface area contributed by atoms with E-state index in [1.807, 2.05) is 6.92 Å². The molecular weight excluding hydrogens is 376 g/mol. The fourth-order valence-corrected chi connectivity index (χ4v) is 2.94. The molecule has 0 radical (unpaired) electrons. The van der Waals surface area contributed by atoms with E-state index in [0.29, 0.717) is 29.6 Å². The molecule has 2 aromatic rings. The van der Waals surface area contributed by atoms with E-state index in [1.54, 1.807) is 37.6 Å². The van der Waals surface area contributed by atoms with Crippen molar-refractivity contribution in [3.05, 3.63) is 58.4 Å². The second-order valence-electron chi connectivity index (χ2n) is 6.18. The van der Waals surface area contributed by atoms with Gasteiger partial charge in [0.15, 0.2) is 0 Å². The second kappa shape index (κ2) is 7.23. The first-order valence-electron chi connectivity index (χ1n) is 8.85. The number of methoxy groups -OCH3 is 2. The number of hydrogen-bond acceptors (Lipinski definition) is 7. The van der Waals surface area contributed by atoms with Crippen molar-refractivity contribution in [2.75, 3.05) is 14.2 Å². The number of ether oxygens (including phenoxy) is 2. The third-order valence-corrected chi connectivity index (χ3v) is 4.48. The molecule has 0 spiro atoms. The summed E-state index contributed by atoms with van der Waals surface area (Å²) in [4.78, 5) is 29.8. The molecule has 0 atom stereocenters. The molecule has 1 aromatic carbocycles. The van der Waals surface area contributed by atoms with Crippen molar-refractivity contribution in [2.45, 2.75) is 13.3 Å². The smallest absolute Gasteiger partial charge is 0.341 e. The van der Waals surface area contributed by atoms with Crippen molar-refractivity contribution in [2.24, 2.45) is 0 Å². The number of pyridine rings is 1. The Balaban J connectivity index is 1.93. The number of carbonyl (C=O) groups excluding carboxylic acids is 1. The molecule has 0 fully saturated rings. The van der Waals surface area contributed by atoms with Crippen LogP contribution in [0, 0.1) is 0 Å². The molecule has 0 saturated carbocycles. The molecule has 0 amide bonds. The standard InChI is InChI=1S/C19H18N6O4/c1-4-15-20-19(22-21-15)24-9-13-16(14(10-24)18(27)29-3)23-25(17(13)26)11-5-7-12(28-2)8-6-11/h5-10H,4H2,1-3H3,(H,20,21,22). The molecule has 1 aromatic heterocycles. The van der Waals surface area contributed by atoms with Gasteiger partial charge in [-0.2, -0.15) is 14.8 Å². The van der Waals surface area contributed by atoms with Gasteiger partial charge in [-0.3, -0.25) is 14.5 Å². The lowest BCUT2D eigenvalue weighted by Crippen LogP contribution is -2.15. The summed E-state index contributed by atoms with van der Waals surface area (Å²) in [6, 6.07) is 6.87. The summed E-state index contributed by atoms with van der Waals surface area (Å²) in [6.45, 7) is 1.94. The first-order chi connectivity index (χ1) is 14.0. The van der Waals surface area contributed by atoms with Gasteiger partial charge in [0.05, 0.1) is 25.5 Å². The fraction of sp³-hybridized carbons (Fsp3) is 0.211. The monoisotopic (exact) mass is 394 g/mol. The molecule has 3 heterocycles. The topological polar surface area (TPSA) is 117 Å². The lowest BCUT2D eigenvalue weighted by Gasteiger charge is -2.08. The predicted octanol–water partition coefficient (Wildman–Crippen LogP) is 1.60. The van der Waals surface area contributed by atoms with E-state index in [2.05, 4.69) is 20.3 Å². The number of carbonyl (C=O) groups is 1. The fourth-order valence-electron chi connectivity index (χ4n) is 2.94. The number of benzene rings is 1. The number of nitrogens with one attached hydrogen (secondary N) is 1. The number of aromatic amines is 1. The van der Waals surface area contributed by atoms with E-state index in [0.717, 1.165) is 0 Å². The minimum atomic E-state index is -0.616. The third kappa shape index (κ3) is 3.14. The number of H-pyrrole nitrogens is 1. The van der Waals surface area contributed by atoms with Crippen LogP contribution in [0.25, 0.3) is 22.9 Å². The van der Waals surface area contributed by atoms with Gasteiger partial charge in [0.25, 0.3) is 11.5 Å². The van der Waals surface area contributed by atoms with Crippen LogP contribution >= 0.6 is 0 Å². The van der Waals surface area contributed by atoms with Crippen molar-refractivity contribution in [3.63, 3.8) is 0 Å². The van der Waals surface area contributed by atoms with Gasteiger partial charge < -0.3 is 9.47 Å². The van der Waals surface area contributed by atoms with Gasteiger partial charge in [0.1, 0.15) is 22.8 Å². The zero-order valence-corrected chi connectivity index (χ0v) is 16.0. The molecule has 0 aliphatic carbocycles. The van der Waals surface area contributed by atoms with E-state index in [4.69, 9.17) is 9.47 Å². The summed E-state index contributed by atoms with van der Waals surface area (Å²) in [5.74, 6) is 1.03. The van der Waals surface area contributed by atoms with Crippen LogP contribution in [0.2, 0.25) is 0 Å². The molecule has 0 bridgehead atoms. The quantitative estimate of drug-likeness (QED) is 0.511. The van der Waals surface area contributed by atoms with E-state index >= 15 is 0 Å². The van der Waals surface area contributed by atoms with Crippen molar-refractivity contribution < 1.29 is 14.3 Å². The largest absolute Gasteiger partial charge is 0.497 e. The molecular formula is C19H18N6O4. The Kier molecular flexibility index (Phi) is 4.59. The van der Waals surface area contributed by atoms with Crippen molar-refractivity contribution in [1.82, 2.24) is 29.5 Å². The van der Waals surface area contributed by atoms with Crippen LogP contribution in [0.15, 0.2) is 41.5 Å². The maximum Gasteiger partial charge on any atom is 0.341 e. The molecule has 2 aliphatic heterocycles. The number of hydrogen-bond donors (Lipinski definition) is 1. The van der Waals surface area contributed by atoms with Gasteiger partial charge in [-0.15, -0.1) is 5.10 Å². The average Bonchev–Trinajstić information content (AvgIpc) is 3.37. The van der Waals surface area contributed by atoms with Crippen LogP contribution in [0.3, 0.4) is 0 Å². The zero-order chi connectivity index (χ0) is 20.5. The Morgan fingerprint density at radius 3 is 2.55 bits per heavy atom. The first kappa shape index (κ1) is 18.4. The molecule has 10 heteroatoms. The third-order valence-electron chi connectivity index (χ3n) is 4.48. The van der Waals surface area contributed by atoms with Crippen LogP contribution in [0.4, 0.5) is 0 Å². The summed E-state index contributed by atoms with van der Waals surface area (Å²) < 4.78 is 12.8. The number of aromatic nitrogens is 6. The summed E-state index contributed by atoms with van der Waals surface area (Å²) in [7, 11) is 2.83. The minimum absolute atomic E-state index is 0.136. The van der Waals surface area contributed by atoms with Crippen molar-refractivity contribution >= 4 is 5.97 Å². The van der Waals surface area contributed by atoms with Crippen molar-refractivity contribution in [3.8, 4) is 28.6 Å². The lowest BCUT2D eigenvalue weighted by atomic mass is 10.1. The molecule has 0 unspecified atom stereocenters. The SMILES string of the molecule is CCc1nc(-n2cc(C(=O)OC)c3nn(-c4ccc(OC)cc4)c(=O)c-3c2)n[nH]1. The molecule has 148 valence electrons. The Hall–Kier alpha value is -3.95. The molecule has 29 heavy (non-hydrogen) atoms. The van der Waals surface area contributed by atoms with Crippen molar-refractivity contribution in [1.29, 1.82) is 0 Å². The van der Waals surface area contributed by atoms with Crippen LogP contribution < -0.4 is 10.3 Å².